The van der Waals surface area contributed by atoms with Crippen molar-refractivity contribution < 1.29 is 30.8 Å². The van der Waals surface area contributed by atoms with Crippen LogP contribution < -0.4 is 9.44 Å². The minimum absolute atomic E-state index is 0.0393. The molecule has 2 N–H and O–H groups in total. The Morgan fingerprint density at radius 2 is 0.975 bits per heavy atom. The third kappa shape index (κ3) is 14.5. The van der Waals surface area contributed by atoms with E-state index >= 15 is 0 Å². The van der Waals surface area contributed by atoms with Crippen LogP contribution in [-0.4, -0.2) is 66.1 Å². The number of nitrogens with one attached hydrogen (secondary N) is 2. The fourth-order valence-electron chi connectivity index (χ4n) is 11.5. The van der Waals surface area contributed by atoms with Crippen LogP contribution in [0.4, 0.5) is 0 Å². The highest BCUT2D eigenvalue weighted by molar-refractivity contribution is 7.90. The SMILES string of the molecule is CC(C)c1cc(-c2ccc(C3CCC(CN(C)Cc4ccc(S(=O)(=O)NC(=O)Cc5c(C(C)C)cc(-c6cc7ccccc7o6)cc5C(C)C)cc4)CC3)cc2)cc(C(C)C)c1CC(=O)NS(=O)(=O)c1ccc(CN(C)C)cc1. The van der Waals surface area contributed by atoms with Gasteiger partial charge in [0.1, 0.15) is 11.3 Å². The maximum absolute atomic E-state index is 13.6. The van der Waals surface area contributed by atoms with Crippen LogP contribution in [0.1, 0.15) is 161 Å². The summed E-state index contributed by atoms with van der Waals surface area (Å²) in [5, 5.41) is 1.02. The molecule has 1 fully saturated rings. The number of benzene rings is 6. The number of fused-ring (bicyclic) bond motifs is 1. The van der Waals surface area contributed by atoms with Gasteiger partial charge in [-0.1, -0.05) is 134 Å². The summed E-state index contributed by atoms with van der Waals surface area (Å²) in [5.74, 6) is 1.03. The molecule has 0 aliphatic heterocycles. The number of amides is 2. The summed E-state index contributed by atoms with van der Waals surface area (Å²) in [4.78, 5) is 31.6. The number of sulfonamides is 2. The molecule has 0 spiro atoms. The first-order chi connectivity index (χ1) is 37.4. The quantitative estimate of drug-likeness (QED) is 0.0718. The minimum Gasteiger partial charge on any atom is -0.456 e. The Kier molecular flexibility index (Phi) is 18.6. The number of rotatable bonds is 21. The van der Waals surface area contributed by atoms with Gasteiger partial charge in [0, 0.05) is 30.6 Å². The second kappa shape index (κ2) is 25.0. The molecular formula is C66H80N4O7S2. The van der Waals surface area contributed by atoms with Crippen molar-refractivity contribution in [1.82, 2.24) is 19.2 Å². The molecular weight excluding hydrogens is 1020 g/mol. The number of carbonyl (C=O) groups excluding carboxylic acids is 2. The first kappa shape index (κ1) is 58.8. The molecule has 79 heavy (non-hydrogen) atoms. The smallest absolute Gasteiger partial charge is 0.264 e. The van der Waals surface area contributed by atoms with Crippen LogP contribution in [0.5, 0.6) is 0 Å². The Bertz CT molecular complexity index is 3410. The van der Waals surface area contributed by atoms with Gasteiger partial charge in [0.05, 0.1) is 22.6 Å². The molecule has 8 rings (SSSR count). The van der Waals surface area contributed by atoms with Crippen LogP contribution >= 0.6 is 0 Å². The Morgan fingerprint density at radius 1 is 0.532 bits per heavy atom. The van der Waals surface area contributed by atoms with E-state index in [1.807, 2.05) is 61.5 Å². The van der Waals surface area contributed by atoms with Gasteiger partial charge in [0.2, 0.25) is 11.8 Å². The van der Waals surface area contributed by atoms with E-state index in [-0.39, 0.29) is 46.3 Å². The van der Waals surface area contributed by atoms with E-state index in [9.17, 15) is 26.4 Å². The van der Waals surface area contributed by atoms with Crippen LogP contribution in [0, 0.1) is 5.92 Å². The molecule has 1 aliphatic rings. The fraction of sp³-hybridized carbons (Fsp3) is 0.394. The second-order valence-electron chi connectivity index (χ2n) is 23.5. The molecule has 2 amide bonds. The molecule has 0 unspecified atom stereocenters. The highest BCUT2D eigenvalue weighted by atomic mass is 32.2. The monoisotopic (exact) mass is 1100 g/mol. The van der Waals surface area contributed by atoms with Gasteiger partial charge in [0.25, 0.3) is 20.0 Å². The van der Waals surface area contributed by atoms with Crippen LogP contribution in [0.3, 0.4) is 0 Å². The van der Waals surface area contributed by atoms with E-state index in [0.29, 0.717) is 24.9 Å². The molecule has 1 aromatic heterocycles. The van der Waals surface area contributed by atoms with Crippen molar-refractivity contribution >= 4 is 42.8 Å². The van der Waals surface area contributed by atoms with Gasteiger partial charge < -0.3 is 14.2 Å². The van der Waals surface area contributed by atoms with E-state index < -0.39 is 31.9 Å². The minimum atomic E-state index is -4.11. The Labute approximate surface area is 470 Å². The van der Waals surface area contributed by atoms with Crippen molar-refractivity contribution in [3.63, 3.8) is 0 Å². The fourth-order valence-corrected chi connectivity index (χ4v) is 13.5. The highest BCUT2D eigenvalue weighted by Gasteiger charge is 2.27. The molecule has 11 nitrogen and oxygen atoms in total. The number of nitrogens with zero attached hydrogens (tertiary/aromatic N) is 2. The van der Waals surface area contributed by atoms with E-state index in [4.69, 9.17) is 4.42 Å². The summed E-state index contributed by atoms with van der Waals surface area (Å²) in [6.45, 7) is 19.1. The predicted molar refractivity (Wildman–Crippen MR) is 319 cm³/mol. The standard InChI is InChI=1S/C66H80N4O7S2/c1-42(2)57-32-53(33-58(43(3)4)61(57)37-65(71)67-78(73,74)55-28-18-46(19-29-55)39-69(9)10)51-26-24-50(25-27-51)49-22-16-47(17-23-49)40-70(11)41-48-20-30-56(31-21-48)79(75,76)68-66(72)38-62-59(44(5)6)34-54(35-60(62)45(7)8)64-36-52-14-12-13-15-63(52)77-64/h12-15,18-21,24-36,42-45,47,49H,16-17,22-23,37-41H2,1-11H3,(H,67,71)(H,68,72). The zero-order valence-electron chi connectivity index (χ0n) is 48.0. The summed E-state index contributed by atoms with van der Waals surface area (Å²) in [6.07, 6.45) is 4.33. The maximum atomic E-state index is 13.6. The summed E-state index contributed by atoms with van der Waals surface area (Å²) >= 11 is 0. The van der Waals surface area contributed by atoms with Crippen LogP contribution in [0.2, 0.25) is 0 Å². The molecule has 0 bridgehead atoms. The van der Waals surface area contributed by atoms with E-state index in [1.54, 1.807) is 36.4 Å². The topological polar surface area (TPSA) is 146 Å². The number of furan rings is 1. The van der Waals surface area contributed by atoms with E-state index in [2.05, 4.69) is 125 Å². The van der Waals surface area contributed by atoms with Crippen LogP contribution in [-0.2, 0) is 55.6 Å². The maximum Gasteiger partial charge on any atom is 0.264 e. The molecule has 0 atom stereocenters. The molecule has 1 heterocycles. The Balaban J connectivity index is 0.839. The number of para-hydroxylation sites is 1. The number of hydrogen-bond acceptors (Lipinski definition) is 9. The van der Waals surface area contributed by atoms with Gasteiger partial charge in [-0.2, -0.15) is 0 Å². The van der Waals surface area contributed by atoms with Crippen molar-refractivity contribution in [2.75, 3.05) is 27.7 Å². The van der Waals surface area contributed by atoms with Gasteiger partial charge in [0.15, 0.2) is 0 Å². The highest BCUT2D eigenvalue weighted by Crippen LogP contribution is 2.40. The summed E-state index contributed by atoms with van der Waals surface area (Å²) in [7, 11) is -2.14. The lowest BCUT2D eigenvalue weighted by molar-refractivity contribution is -0.119. The number of carbonyl (C=O) groups is 2. The molecule has 0 radical (unpaired) electrons. The molecule has 7 aromatic rings. The predicted octanol–water partition coefficient (Wildman–Crippen LogP) is 13.8. The van der Waals surface area contributed by atoms with E-state index in [1.165, 1.54) is 5.56 Å². The number of hydrogen-bond donors (Lipinski definition) is 2. The third-order valence-electron chi connectivity index (χ3n) is 15.6. The average molecular weight is 1110 g/mol. The lowest BCUT2D eigenvalue weighted by atomic mass is 9.78. The Morgan fingerprint density at radius 3 is 1.42 bits per heavy atom. The lowest BCUT2D eigenvalue weighted by Crippen LogP contribution is -2.32. The van der Waals surface area contributed by atoms with E-state index in [0.717, 1.165) is 110 Å². The van der Waals surface area contributed by atoms with Crippen molar-refractivity contribution in [2.24, 2.45) is 5.92 Å². The first-order valence-corrected chi connectivity index (χ1v) is 31.0. The van der Waals surface area contributed by atoms with Gasteiger partial charge >= 0.3 is 0 Å². The van der Waals surface area contributed by atoms with Crippen molar-refractivity contribution in [3.05, 3.63) is 177 Å². The van der Waals surface area contributed by atoms with Crippen molar-refractivity contribution in [3.8, 4) is 22.5 Å². The molecule has 1 saturated carbocycles. The molecule has 13 heteroatoms. The van der Waals surface area contributed by atoms with Crippen LogP contribution in [0.15, 0.2) is 142 Å². The zero-order valence-corrected chi connectivity index (χ0v) is 49.7. The normalized spacial score (nSPS) is 15.3. The van der Waals surface area contributed by atoms with Gasteiger partial charge in [-0.3, -0.25) is 9.59 Å². The van der Waals surface area contributed by atoms with Gasteiger partial charge in [-0.15, -0.1) is 0 Å². The van der Waals surface area contributed by atoms with Crippen molar-refractivity contribution in [1.29, 1.82) is 0 Å². The molecule has 418 valence electrons. The lowest BCUT2D eigenvalue weighted by Gasteiger charge is -2.31. The van der Waals surface area contributed by atoms with Crippen molar-refractivity contribution in [2.45, 2.75) is 146 Å². The summed E-state index contributed by atoms with van der Waals surface area (Å²) in [5.41, 5.74) is 13.0. The summed E-state index contributed by atoms with van der Waals surface area (Å²) in [6, 6.07) is 40.9. The van der Waals surface area contributed by atoms with Crippen LogP contribution in [0.25, 0.3) is 33.4 Å². The Hall–Kier alpha value is -6.38. The first-order valence-electron chi connectivity index (χ1n) is 28.0. The average Bonchev–Trinajstić information content (AvgIpc) is 3.88. The molecule has 6 aromatic carbocycles. The largest absolute Gasteiger partial charge is 0.456 e. The van der Waals surface area contributed by atoms with Gasteiger partial charge in [-0.05, 0) is 192 Å². The zero-order chi connectivity index (χ0) is 56.9. The third-order valence-corrected chi connectivity index (χ3v) is 18.3. The summed E-state index contributed by atoms with van der Waals surface area (Å²) < 4.78 is 64.7. The van der Waals surface area contributed by atoms with Gasteiger partial charge in [-0.25, -0.2) is 26.3 Å². The molecule has 0 saturated heterocycles. The molecule has 1 aliphatic carbocycles. The second-order valence-corrected chi connectivity index (χ2v) is 26.9.